The van der Waals surface area contributed by atoms with Crippen LogP contribution in [0.3, 0.4) is 0 Å². The number of hydrogen-bond acceptors (Lipinski definition) is 6. The van der Waals surface area contributed by atoms with Crippen molar-refractivity contribution in [3.8, 4) is 0 Å². The largest absolute Gasteiger partial charge is 0.417 e. The SMILES string of the molecule is O=C1CC(c2ccc(CC(NS(=O)(=O)c3ccc(Br)c(C(F)(F)F)c3)c3nc4ccccc4[nH]3)cc2)S(=O)(=O)N1. The van der Waals surface area contributed by atoms with Crippen molar-refractivity contribution in [3.05, 3.63) is 93.7 Å². The van der Waals surface area contributed by atoms with Gasteiger partial charge in [0.2, 0.25) is 26.0 Å². The number of benzene rings is 3. The van der Waals surface area contributed by atoms with Crippen LogP contribution in [0.1, 0.15) is 40.2 Å². The second-order valence-electron chi connectivity index (χ2n) is 9.16. The van der Waals surface area contributed by atoms with E-state index in [0.29, 0.717) is 28.2 Å². The van der Waals surface area contributed by atoms with E-state index in [-0.39, 0.29) is 23.1 Å². The van der Waals surface area contributed by atoms with Gasteiger partial charge in [-0.25, -0.2) is 26.5 Å². The molecule has 9 nitrogen and oxygen atoms in total. The molecule has 1 aliphatic rings. The Morgan fingerprint density at radius 1 is 1.07 bits per heavy atom. The van der Waals surface area contributed by atoms with Crippen molar-refractivity contribution in [3.63, 3.8) is 0 Å². The number of sulfonamides is 2. The number of aromatic amines is 1. The summed E-state index contributed by atoms with van der Waals surface area (Å²) in [6, 6.07) is 14.8. The number of nitrogens with one attached hydrogen (secondary N) is 3. The Kier molecular flexibility index (Phi) is 7.27. The summed E-state index contributed by atoms with van der Waals surface area (Å²) in [6.07, 6.45) is -4.97. The average Bonchev–Trinajstić information content (AvgIpc) is 3.42. The molecule has 0 saturated carbocycles. The van der Waals surface area contributed by atoms with Crippen LogP contribution >= 0.6 is 15.9 Å². The topological polar surface area (TPSA) is 138 Å². The van der Waals surface area contributed by atoms with Gasteiger partial charge in [0.1, 0.15) is 11.1 Å². The van der Waals surface area contributed by atoms with E-state index in [1.165, 1.54) is 12.1 Å². The second-order valence-corrected chi connectivity index (χ2v) is 13.6. The van der Waals surface area contributed by atoms with Crippen LogP contribution in [0.15, 0.2) is 76.1 Å². The molecule has 1 fully saturated rings. The molecule has 1 saturated heterocycles. The fraction of sp³-hybridized carbons (Fsp3) is 0.200. The summed E-state index contributed by atoms with van der Waals surface area (Å²) < 4.78 is 95.5. The van der Waals surface area contributed by atoms with Gasteiger partial charge >= 0.3 is 6.18 Å². The number of halogens is 4. The van der Waals surface area contributed by atoms with Gasteiger partial charge in [0, 0.05) is 4.47 Å². The first-order valence-electron chi connectivity index (χ1n) is 11.7. The number of alkyl halides is 3. The highest BCUT2D eigenvalue weighted by atomic mass is 79.9. The maximum Gasteiger partial charge on any atom is 0.417 e. The van der Waals surface area contributed by atoms with Crippen LogP contribution in [0.25, 0.3) is 11.0 Å². The van der Waals surface area contributed by atoms with E-state index in [9.17, 15) is 34.8 Å². The molecule has 2 unspecified atom stereocenters. The van der Waals surface area contributed by atoms with E-state index in [1.54, 1.807) is 36.4 Å². The third-order valence-corrected chi connectivity index (χ3v) is 10.2. The van der Waals surface area contributed by atoms with E-state index < -0.39 is 53.9 Å². The maximum absolute atomic E-state index is 13.4. The van der Waals surface area contributed by atoms with Gasteiger partial charge < -0.3 is 4.98 Å². The van der Waals surface area contributed by atoms with E-state index in [4.69, 9.17) is 0 Å². The lowest BCUT2D eigenvalue weighted by Gasteiger charge is -2.19. The molecular weight excluding hydrogens is 637 g/mol. The lowest BCUT2D eigenvalue weighted by Crippen LogP contribution is -2.31. The van der Waals surface area contributed by atoms with Gasteiger partial charge in [-0.15, -0.1) is 0 Å². The van der Waals surface area contributed by atoms with Crippen molar-refractivity contribution < 1.29 is 34.8 Å². The molecule has 1 amide bonds. The zero-order chi connectivity index (χ0) is 28.9. The second kappa shape index (κ2) is 10.3. The summed E-state index contributed by atoms with van der Waals surface area (Å²) in [5, 5.41) is -1.04. The van der Waals surface area contributed by atoms with Crippen LogP contribution in [-0.4, -0.2) is 32.7 Å². The van der Waals surface area contributed by atoms with Crippen LogP contribution in [0.4, 0.5) is 13.2 Å². The molecule has 2 heterocycles. The molecule has 0 aliphatic carbocycles. The number of para-hydroxylation sites is 2. The van der Waals surface area contributed by atoms with Gasteiger partial charge in [-0.1, -0.05) is 52.3 Å². The van der Waals surface area contributed by atoms with Crippen molar-refractivity contribution in [1.29, 1.82) is 0 Å². The van der Waals surface area contributed by atoms with Gasteiger partial charge in [0.05, 0.1) is 34.0 Å². The molecule has 0 spiro atoms. The summed E-state index contributed by atoms with van der Waals surface area (Å²) in [7, 11) is -8.31. The number of H-pyrrole nitrogens is 1. The van der Waals surface area contributed by atoms with Crippen molar-refractivity contribution in [1.82, 2.24) is 19.4 Å². The quantitative estimate of drug-likeness (QED) is 0.268. The molecule has 0 bridgehead atoms. The number of imidazole rings is 1. The molecule has 40 heavy (non-hydrogen) atoms. The predicted octanol–water partition coefficient (Wildman–Crippen LogP) is 4.50. The highest BCUT2D eigenvalue weighted by molar-refractivity contribution is 9.10. The number of aromatic nitrogens is 2. The van der Waals surface area contributed by atoms with Gasteiger partial charge in [0.25, 0.3) is 0 Å². The third-order valence-electron chi connectivity index (χ3n) is 6.38. The zero-order valence-electron chi connectivity index (χ0n) is 20.2. The number of fused-ring (bicyclic) bond motifs is 1. The molecule has 1 aromatic heterocycles. The van der Waals surface area contributed by atoms with Crippen LogP contribution in [0, 0.1) is 0 Å². The van der Waals surface area contributed by atoms with Crippen LogP contribution in [0.5, 0.6) is 0 Å². The van der Waals surface area contributed by atoms with E-state index in [0.717, 1.165) is 12.1 Å². The summed E-state index contributed by atoms with van der Waals surface area (Å²) in [5.41, 5.74) is 1.02. The Balaban J connectivity index is 1.48. The first-order chi connectivity index (χ1) is 18.7. The zero-order valence-corrected chi connectivity index (χ0v) is 23.5. The highest BCUT2D eigenvalue weighted by Crippen LogP contribution is 2.36. The van der Waals surface area contributed by atoms with Gasteiger partial charge in [-0.3, -0.25) is 9.52 Å². The third kappa shape index (κ3) is 5.77. The monoisotopic (exact) mass is 656 g/mol. The normalized spacial score (nSPS) is 18.1. The van der Waals surface area contributed by atoms with Crippen LogP contribution < -0.4 is 9.44 Å². The lowest BCUT2D eigenvalue weighted by molar-refractivity contribution is -0.138. The predicted molar refractivity (Wildman–Crippen MR) is 143 cm³/mol. The van der Waals surface area contributed by atoms with Crippen molar-refractivity contribution in [2.24, 2.45) is 0 Å². The van der Waals surface area contributed by atoms with E-state index in [2.05, 4.69) is 30.6 Å². The van der Waals surface area contributed by atoms with E-state index >= 15 is 0 Å². The van der Waals surface area contributed by atoms with Gasteiger partial charge in [-0.2, -0.15) is 13.2 Å². The Labute approximate surface area is 235 Å². The summed E-state index contributed by atoms with van der Waals surface area (Å²) >= 11 is 2.81. The molecule has 0 radical (unpaired) electrons. The molecule has 4 aromatic rings. The summed E-state index contributed by atoms with van der Waals surface area (Å²) in [4.78, 5) is 18.5. The number of amides is 1. The van der Waals surface area contributed by atoms with Crippen molar-refractivity contribution in [2.75, 3.05) is 0 Å². The number of carbonyl (C=O) groups excluding carboxylic acids is 1. The molecule has 210 valence electrons. The molecular formula is C25H20BrF3N4O5S2. The summed E-state index contributed by atoms with van der Waals surface area (Å²) in [5.74, 6) is -0.370. The number of carbonyl (C=O) groups is 1. The average molecular weight is 657 g/mol. The Morgan fingerprint density at radius 2 is 1.77 bits per heavy atom. The number of hydrogen-bond donors (Lipinski definition) is 3. The van der Waals surface area contributed by atoms with Gasteiger partial charge in [-0.05, 0) is 47.9 Å². The maximum atomic E-state index is 13.4. The summed E-state index contributed by atoms with van der Waals surface area (Å²) in [6.45, 7) is 0. The Bertz CT molecular complexity index is 1790. The molecule has 1 aliphatic heterocycles. The molecule has 2 atom stereocenters. The van der Waals surface area contributed by atoms with Crippen molar-refractivity contribution in [2.45, 2.75) is 35.2 Å². The molecule has 3 N–H and O–H groups in total. The number of rotatable bonds is 7. The minimum absolute atomic E-state index is 0.0244. The minimum atomic E-state index is -4.78. The minimum Gasteiger partial charge on any atom is -0.341 e. The molecule has 5 rings (SSSR count). The smallest absolute Gasteiger partial charge is 0.341 e. The van der Waals surface area contributed by atoms with Gasteiger partial charge in [0.15, 0.2) is 0 Å². The fourth-order valence-corrected chi connectivity index (χ4v) is 7.55. The molecule has 3 aromatic carbocycles. The van der Waals surface area contributed by atoms with Crippen LogP contribution in [0.2, 0.25) is 0 Å². The van der Waals surface area contributed by atoms with E-state index in [1.807, 2.05) is 4.72 Å². The Morgan fingerprint density at radius 3 is 2.40 bits per heavy atom. The highest BCUT2D eigenvalue weighted by Gasteiger charge is 2.38. The standard InChI is InChI=1S/C25H20BrF3N4O5S2/c26-18-10-9-16(12-17(18)25(27,28)29)39(35,36)32-21(24-30-19-3-1-2-4-20(19)31-24)11-14-5-7-15(8-6-14)22-13-23(34)33-40(22,37)38/h1-10,12,21-22,32H,11,13H2,(H,30,31)(H,33,34). The fourth-order valence-electron chi connectivity index (χ4n) is 4.43. The first-order valence-corrected chi connectivity index (χ1v) is 15.5. The number of nitrogens with zero attached hydrogens (tertiary/aromatic N) is 1. The van der Waals surface area contributed by atoms with Crippen LogP contribution in [-0.2, 0) is 37.4 Å². The van der Waals surface area contributed by atoms with Crippen molar-refractivity contribution >= 4 is 52.9 Å². The molecule has 15 heteroatoms. The Hall–Kier alpha value is -3.27. The first kappa shape index (κ1) is 28.3. The lowest BCUT2D eigenvalue weighted by atomic mass is 10.0.